The van der Waals surface area contributed by atoms with Crippen LogP contribution in [0.2, 0.25) is 0 Å². The summed E-state index contributed by atoms with van der Waals surface area (Å²) in [4.78, 5) is 53.1. The number of anilines is 1. The minimum Gasteiger partial charge on any atom is -0.454 e. The van der Waals surface area contributed by atoms with Crippen LogP contribution in [0.15, 0.2) is 66.7 Å². The molecule has 2 aliphatic rings. The van der Waals surface area contributed by atoms with Gasteiger partial charge < -0.3 is 14.4 Å². The third kappa shape index (κ3) is 4.49. The Hall–Kier alpha value is -4.00. The van der Waals surface area contributed by atoms with Gasteiger partial charge in [-0.3, -0.25) is 24.5 Å². The Bertz CT molecular complexity index is 1390. The van der Waals surface area contributed by atoms with Gasteiger partial charge in [0, 0.05) is 27.8 Å². The topological polar surface area (TPSA) is 119 Å². The van der Waals surface area contributed by atoms with E-state index >= 15 is 0 Å². The summed E-state index contributed by atoms with van der Waals surface area (Å²) in [5.74, 6) is -0.515. The molecule has 3 amide bonds. The fourth-order valence-electron chi connectivity index (χ4n) is 4.20. The van der Waals surface area contributed by atoms with Crippen molar-refractivity contribution in [3.63, 3.8) is 0 Å². The number of rotatable bonds is 6. The third-order valence-corrected chi connectivity index (χ3v) is 6.66. The number of non-ortho nitro benzene ring substituents is 1. The highest BCUT2D eigenvalue weighted by Gasteiger charge is 2.44. The fourth-order valence-corrected chi connectivity index (χ4v) is 4.56. The van der Waals surface area contributed by atoms with Crippen LogP contribution in [0.4, 0.5) is 11.4 Å². The first-order valence-corrected chi connectivity index (χ1v) is 12.0. The van der Waals surface area contributed by atoms with Gasteiger partial charge in [0.2, 0.25) is 12.7 Å². The van der Waals surface area contributed by atoms with E-state index in [2.05, 4.69) is 22.6 Å². The summed E-state index contributed by atoms with van der Waals surface area (Å²) >= 11 is 2.12. The van der Waals surface area contributed by atoms with Crippen molar-refractivity contribution < 1.29 is 28.8 Å². The molecule has 1 atom stereocenters. The van der Waals surface area contributed by atoms with Crippen LogP contribution >= 0.6 is 22.6 Å². The SMILES string of the molecule is O=C1CC(N(Cc2ccc3c(c2)OCO3)C(=O)c2cccc([N+](=O)[O-])c2)C(=O)N1c1ccc(I)cc1. The van der Waals surface area contributed by atoms with Gasteiger partial charge in [0.05, 0.1) is 17.0 Å². The average Bonchev–Trinajstić information content (AvgIpc) is 3.46. The summed E-state index contributed by atoms with van der Waals surface area (Å²) in [5.41, 5.74) is 0.848. The molecule has 0 N–H and O–H groups in total. The normalized spacial score (nSPS) is 16.4. The number of hydrogen-bond donors (Lipinski definition) is 0. The molecule has 0 bridgehead atoms. The molecule has 1 unspecified atom stereocenters. The molecule has 0 aromatic heterocycles. The number of benzene rings is 3. The van der Waals surface area contributed by atoms with Crippen molar-refractivity contribution >= 4 is 51.7 Å². The van der Waals surface area contributed by atoms with Crippen LogP contribution < -0.4 is 14.4 Å². The van der Waals surface area contributed by atoms with Crippen LogP contribution in [0.3, 0.4) is 0 Å². The molecule has 36 heavy (non-hydrogen) atoms. The number of halogens is 1. The Morgan fingerprint density at radius 2 is 1.81 bits per heavy atom. The Labute approximate surface area is 218 Å². The number of nitro benzene ring substituents is 1. The predicted octanol–water partition coefficient (Wildman–Crippen LogP) is 3.90. The van der Waals surface area contributed by atoms with Gasteiger partial charge >= 0.3 is 0 Å². The maximum absolute atomic E-state index is 13.6. The predicted molar refractivity (Wildman–Crippen MR) is 136 cm³/mol. The number of nitro groups is 1. The molecule has 0 aliphatic carbocycles. The summed E-state index contributed by atoms with van der Waals surface area (Å²) in [7, 11) is 0. The number of fused-ring (bicyclic) bond motifs is 1. The zero-order valence-corrected chi connectivity index (χ0v) is 20.8. The standard InChI is InChI=1S/C25H18IN3O7/c26-17-5-7-18(8-6-17)28-23(30)12-20(25(28)32)27(13-15-4-9-21-22(10-15)36-14-35-21)24(31)16-2-1-3-19(11-16)29(33)34/h1-11,20H,12-14H2. The molecule has 3 aromatic rings. The zero-order chi connectivity index (χ0) is 25.4. The first kappa shape index (κ1) is 23.7. The molecule has 1 fully saturated rings. The summed E-state index contributed by atoms with van der Waals surface area (Å²) in [6, 6.07) is 16.2. The van der Waals surface area contributed by atoms with E-state index < -0.39 is 28.7 Å². The van der Waals surface area contributed by atoms with Crippen LogP contribution in [0.1, 0.15) is 22.3 Å². The van der Waals surface area contributed by atoms with Crippen molar-refractivity contribution in [1.82, 2.24) is 4.90 Å². The van der Waals surface area contributed by atoms with E-state index in [4.69, 9.17) is 9.47 Å². The van der Waals surface area contributed by atoms with Crippen molar-refractivity contribution in [2.45, 2.75) is 19.0 Å². The molecular weight excluding hydrogens is 581 g/mol. The average molecular weight is 599 g/mol. The molecule has 2 heterocycles. The smallest absolute Gasteiger partial charge is 0.270 e. The van der Waals surface area contributed by atoms with Gasteiger partial charge in [0.1, 0.15) is 6.04 Å². The van der Waals surface area contributed by atoms with Crippen LogP contribution in [0.25, 0.3) is 0 Å². The lowest BCUT2D eigenvalue weighted by molar-refractivity contribution is -0.384. The van der Waals surface area contributed by atoms with E-state index in [0.717, 1.165) is 14.5 Å². The van der Waals surface area contributed by atoms with E-state index in [1.807, 2.05) is 0 Å². The Morgan fingerprint density at radius 3 is 2.56 bits per heavy atom. The van der Waals surface area contributed by atoms with Gasteiger partial charge in [-0.15, -0.1) is 0 Å². The number of amides is 3. The minimum atomic E-state index is -1.09. The number of carbonyl (C=O) groups is 3. The van der Waals surface area contributed by atoms with Gasteiger partial charge in [-0.2, -0.15) is 0 Å². The number of carbonyl (C=O) groups excluding carboxylic acids is 3. The van der Waals surface area contributed by atoms with E-state index in [-0.39, 0.29) is 31.0 Å². The number of imide groups is 1. The maximum Gasteiger partial charge on any atom is 0.270 e. The van der Waals surface area contributed by atoms with Crippen LogP contribution in [-0.2, 0) is 16.1 Å². The van der Waals surface area contributed by atoms with E-state index in [0.29, 0.717) is 22.7 Å². The molecule has 3 aromatic carbocycles. The molecular formula is C25H18IN3O7. The Balaban J connectivity index is 1.51. The summed E-state index contributed by atoms with van der Waals surface area (Å²) < 4.78 is 11.7. The summed E-state index contributed by atoms with van der Waals surface area (Å²) in [6.07, 6.45) is -0.212. The highest BCUT2D eigenvalue weighted by molar-refractivity contribution is 14.1. The largest absolute Gasteiger partial charge is 0.454 e. The van der Waals surface area contributed by atoms with Crippen molar-refractivity contribution in [3.8, 4) is 11.5 Å². The molecule has 5 rings (SSSR count). The molecule has 0 saturated carbocycles. The zero-order valence-electron chi connectivity index (χ0n) is 18.6. The van der Waals surface area contributed by atoms with E-state index in [1.165, 1.54) is 23.1 Å². The third-order valence-electron chi connectivity index (χ3n) is 5.94. The van der Waals surface area contributed by atoms with Gasteiger partial charge in [0.25, 0.3) is 17.5 Å². The Morgan fingerprint density at radius 1 is 1.06 bits per heavy atom. The lowest BCUT2D eigenvalue weighted by Gasteiger charge is -2.28. The van der Waals surface area contributed by atoms with Crippen LogP contribution in [0.5, 0.6) is 11.5 Å². The number of nitrogens with zero attached hydrogens (tertiary/aromatic N) is 3. The second-order valence-corrected chi connectivity index (χ2v) is 9.44. The van der Waals surface area contributed by atoms with Crippen molar-refractivity contribution in [3.05, 3.63) is 91.5 Å². The van der Waals surface area contributed by atoms with Crippen LogP contribution in [0, 0.1) is 13.7 Å². The molecule has 1 saturated heterocycles. The molecule has 0 spiro atoms. The first-order chi connectivity index (χ1) is 17.3. The highest BCUT2D eigenvalue weighted by Crippen LogP contribution is 2.34. The molecule has 2 aliphatic heterocycles. The van der Waals surface area contributed by atoms with Crippen molar-refractivity contribution in [2.75, 3.05) is 11.7 Å². The van der Waals surface area contributed by atoms with Gasteiger partial charge in [0.15, 0.2) is 11.5 Å². The van der Waals surface area contributed by atoms with Gasteiger partial charge in [-0.25, -0.2) is 4.90 Å². The summed E-state index contributed by atoms with van der Waals surface area (Å²) in [6.45, 7) is 0.0537. The summed E-state index contributed by atoms with van der Waals surface area (Å²) in [5, 5.41) is 11.3. The minimum absolute atomic E-state index is 0.0254. The van der Waals surface area contributed by atoms with E-state index in [1.54, 1.807) is 42.5 Å². The van der Waals surface area contributed by atoms with Gasteiger partial charge in [-0.05, 0) is 70.6 Å². The second-order valence-electron chi connectivity index (χ2n) is 8.19. The molecule has 0 radical (unpaired) electrons. The number of ether oxygens (including phenoxy) is 2. The van der Waals surface area contributed by atoms with Crippen molar-refractivity contribution in [2.24, 2.45) is 0 Å². The fraction of sp³-hybridized carbons (Fsp3) is 0.160. The molecule has 11 heteroatoms. The lowest BCUT2D eigenvalue weighted by atomic mass is 10.1. The second kappa shape index (κ2) is 9.57. The lowest BCUT2D eigenvalue weighted by Crippen LogP contribution is -2.45. The van der Waals surface area contributed by atoms with Crippen molar-refractivity contribution in [1.29, 1.82) is 0 Å². The van der Waals surface area contributed by atoms with Crippen LogP contribution in [-0.4, -0.2) is 40.4 Å². The maximum atomic E-state index is 13.6. The quantitative estimate of drug-likeness (QED) is 0.183. The highest BCUT2D eigenvalue weighted by atomic mass is 127. The monoisotopic (exact) mass is 599 g/mol. The first-order valence-electron chi connectivity index (χ1n) is 10.9. The molecule has 182 valence electrons. The molecule has 10 nitrogen and oxygen atoms in total. The number of hydrogen-bond acceptors (Lipinski definition) is 7. The van der Waals surface area contributed by atoms with E-state index in [9.17, 15) is 24.5 Å². The Kier molecular flexibility index (Phi) is 6.31. The van der Waals surface area contributed by atoms with Gasteiger partial charge in [-0.1, -0.05) is 12.1 Å².